The number of ether oxygens (including phenoxy) is 2. The Bertz CT molecular complexity index is 1590. The number of nitrogens with one attached hydrogen (secondary N) is 1. The Hall–Kier alpha value is -3.80. The highest BCUT2D eigenvalue weighted by Crippen LogP contribution is 2.44. The van der Waals surface area contributed by atoms with Gasteiger partial charge in [0.2, 0.25) is 0 Å². The van der Waals surface area contributed by atoms with E-state index in [1.807, 2.05) is 18.2 Å². The average Bonchev–Trinajstić information content (AvgIpc) is 3.00. The van der Waals surface area contributed by atoms with Gasteiger partial charge in [0.15, 0.2) is 0 Å². The largest absolute Gasteiger partial charge is 0.497 e. The lowest BCUT2D eigenvalue weighted by Crippen LogP contribution is -2.63. The van der Waals surface area contributed by atoms with Crippen LogP contribution in [-0.4, -0.2) is 55.0 Å². The van der Waals surface area contributed by atoms with Crippen molar-refractivity contribution in [3.63, 3.8) is 0 Å². The van der Waals surface area contributed by atoms with Crippen molar-refractivity contribution in [2.45, 2.75) is 24.7 Å². The molecule has 8 rings (SSSR count). The fraction of sp³-hybridized carbons (Fsp3) is 0.294. The van der Waals surface area contributed by atoms with Gasteiger partial charge in [-0.3, -0.25) is 4.90 Å². The Morgan fingerprint density at radius 2 is 1.79 bits per heavy atom. The van der Waals surface area contributed by atoms with Crippen molar-refractivity contribution in [2.75, 3.05) is 32.1 Å². The molecular weight excluding hydrogens is 484 g/mol. The molecule has 0 spiro atoms. The van der Waals surface area contributed by atoms with Gasteiger partial charge in [-0.05, 0) is 58.3 Å². The van der Waals surface area contributed by atoms with Crippen molar-refractivity contribution in [2.24, 2.45) is 11.8 Å². The molecule has 5 nitrogen and oxygen atoms in total. The van der Waals surface area contributed by atoms with Crippen molar-refractivity contribution in [3.8, 4) is 11.5 Å². The van der Waals surface area contributed by atoms with Crippen molar-refractivity contribution in [1.82, 2.24) is 4.90 Å². The molecule has 4 aliphatic heterocycles. The summed E-state index contributed by atoms with van der Waals surface area (Å²) in [7, 11) is 1.68. The molecule has 0 aliphatic carbocycles. The van der Waals surface area contributed by atoms with Crippen molar-refractivity contribution >= 4 is 32.8 Å². The third kappa shape index (κ3) is 4.08. The molecule has 5 heteroatoms. The van der Waals surface area contributed by atoms with Crippen LogP contribution in [0.3, 0.4) is 0 Å². The summed E-state index contributed by atoms with van der Waals surface area (Å²) in [4.78, 5) is 2.42. The maximum absolute atomic E-state index is 11.8. The minimum atomic E-state index is -0.589. The Balaban J connectivity index is 1.19. The van der Waals surface area contributed by atoms with Gasteiger partial charge in [-0.15, -0.1) is 6.58 Å². The molecule has 2 unspecified atom stereocenters. The molecular formula is C34H34N2O3. The van der Waals surface area contributed by atoms with E-state index < -0.39 is 6.10 Å². The fourth-order valence-electron chi connectivity index (χ4n) is 7.04. The molecule has 198 valence electrons. The Kier molecular flexibility index (Phi) is 6.06. The van der Waals surface area contributed by atoms with Crippen LogP contribution in [0.2, 0.25) is 0 Å². The van der Waals surface area contributed by atoms with Crippen LogP contribution in [0.15, 0.2) is 91.5 Å². The number of rotatable bonds is 6. The van der Waals surface area contributed by atoms with E-state index in [1.54, 1.807) is 7.11 Å². The van der Waals surface area contributed by atoms with E-state index in [4.69, 9.17) is 9.47 Å². The predicted molar refractivity (Wildman–Crippen MR) is 158 cm³/mol. The molecule has 4 aromatic carbocycles. The molecule has 4 aliphatic rings. The number of fused-ring (bicyclic) bond motifs is 7. The van der Waals surface area contributed by atoms with Gasteiger partial charge < -0.3 is 19.9 Å². The third-order valence-corrected chi connectivity index (χ3v) is 9.02. The fourth-order valence-corrected chi connectivity index (χ4v) is 7.04. The number of nitrogens with zero attached hydrogens (tertiary/aromatic N) is 1. The van der Waals surface area contributed by atoms with Crippen LogP contribution in [0, 0.1) is 11.8 Å². The van der Waals surface area contributed by atoms with Crippen LogP contribution >= 0.6 is 0 Å². The molecule has 2 bridgehead atoms. The summed E-state index contributed by atoms with van der Waals surface area (Å²) in [5, 5.41) is 20.0. The van der Waals surface area contributed by atoms with Gasteiger partial charge in [0.1, 0.15) is 17.6 Å². The highest BCUT2D eigenvalue weighted by molar-refractivity contribution is 6.10. The molecule has 0 amide bonds. The molecule has 4 aromatic rings. The van der Waals surface area contributed by atoms with Crippen LogP contribution in [0.5, 0.6) is 11.5 Å². The lowest BCUT2D eigenvalue weighted by atomic mass is 9.71. The second-order valence-electron chi connectivity index (χ2n) is 11.0. The van der Waals surface area contributed by atoms with Gasteiger partial charge in [0, 0.05) is 48.2 Å². The summed E-state index contributed by atoms with van der Waals surface area (Å²) in [6, 6.07) is 25.3. The van der Waals surface area contributed by atoms with E-state index in [0.29, 0.717) is 12.5 Å². The monoisotopic (exact) mass is 518 g/mol. The Labute approximate surface area is 229 Å². The van der Waals surface area contributed by atoms with Gasteiger partial charge >= 0.3 is 0 Å². The van der Waals surface area contributed by atoms with Crippen molar-refractivity contribution < 1.29 is 14.6 Å². The summed E-state index contributed by atoms with van der Waals surface area (Å²) in [6.45, 7) is 6.55. The second-order valence-corrected chi connectivity index (χ2v) is 11.0. The number of methoxy groups -OCH3 is 1. The van der Waals surface area contributed by atoms with E-state index in [2.05, 4.69) is 83.5 Å². The molecule has 3 saturated heterocycles. The second kappa shape index (κ2) is 9.74. The minimum absolute atomic E-state index is 0.0304. The van der Waals surface area contributed by atoms with Crippen LogP contribution in [0.4, 0.5) is 5.69 Å². The number of benzene rings is 4. The lowest BCUT2D eigenvalue weighted by molar-refractivity contribution is -0.0876. The van der Waals surface area contributed by atoms with E-state index in [9.17, 15) is 5.11 Å². The van der Waals surface area contributed by atoms with Gasteiger partial charge in [-0.25, -0.2) is 0 Å². The summed E-state index contributed by atoms with van der Waals surface area (Å²) in [6.07, 6.45) is 4.50. The van der Waals surface area contributed by atoms with E-state index in [-0.39, 0.29) is 18.1 Å². The molecule has 2 N–H and O–H groups in total. The van der Waals surface area contributed by atoms with Crippen LogP contribution in [0.25, 0.3) is 27.1 Å². The lowest BCUT2D eigenvalue weighted by Gasteiger charge is -2.54. The molecule has 0 radical (unpaired) electrons. The Morgan fingerprint density at radius 3 is 2.59 bits per heavy atom. The first-order valence-corrected chi connectivity index (χ1v) is 13.9. The predicted octanol–water partition coefficient (Wildman–Crippen LogP) is 6.13. The molecule has 4 heterocycles. The number of aliphatic hydroxyl groups excluding tert-OH is 1. The van der Waals surface area contributed by atoms with Crippen molar-refractivity contribution in [3.05, 3.63) is 97.1 Å². The molecule has 0 saturated carbocycles. The SMILES string of the molecule is C=C[C@H]1CN2CC(Oc3cc4ccccc4c4ccccc34)[C@H]1C[C@@H]2[C@@H](O)C1=CCNc2ccc(OC)cc21. The zero-order valence-electron chi connectivity index (χ0n) is 22.2. The number of hydrogen-bond acceptors (Lipinski definition) is 5. The van der Waals surface area contributed by atoms with E-state index in [1.165, 1.54) is 16.2 Å². The highest BCUT2D eigenvalue weighted by atomic mass is 16.5. The first-order chi connectivity index (χ1) is 19.1. The summed E-state index contributed by atoms with van der Waals surface area (Å²) in [5.41, 5.74) is 3.04. The topological polar surface area (TPSA) is 54.0 Å². The zero-order valence-corrected chi connectivity index (χ0v) is 22.2. The molecule has 39 heavy (non-hydrogen) atoms. The number of hydrogen-bond donors (Lipinski definition) is 2. The summed E-state index contributed by atoms with van der Waals surface area (Å²) >= 11 is 0. The van der Waals surface area contributed by atoms with Crippen molar-refractivity contribution in [1.29, 1.82) is 0 Å². The van der Waals surface area contributed by atoms with E-state index >= 15 is 0 Å². The van der Waals surface area contributed by atoms with Gasteiger partial charge in [0.25, 0.3) is 0 Å². The quantitative estimate of drug-likeness (QED) is 0.238. The van der Waals surface area contributed by atoms with Gasteiger partial charge in [-0.2, -0.15) is 0 Å². The Morgan fingerprint density at radius 1 is 1.00 bits per heavy atom. The number of piperidine rings is 3. The molecule has 0 aromatic heterocycles. The van der Waals surface area contributed by atoms with E-state index in [0.717, 1.165) is 53.2 Å². The van der Waals surface area contributed by atoms with Crippen LogP contribution in [-0.2, 0) is 0 Å². The van der Waals surface area contributed by atoms with Gasteiger partial charge in [-0.1, -0.05) is 60.7 Å². The number of aliphatic hydroxyl groups is 1. The standard InChI is InChI=1S/C34H34N2O3/c1-3-21-19-36-20-33(39-32-16-22-8-4-5-9-24(22)25-10-6-7-11-26(25)32)28(21)18-31(36)34(37)27-14-15-35-30-13-12-23(38-2)17-29(27)30/h3-14,16-17,21,28,31,33-35,37H,1,15,18-20H2,2H3/t21-,28-,31+,33?,34-/m0/s1. The highest BCUT2D eigenvalue weighted by Gasteiger charge is 2.49. The minimum Gasteiger partial charge on any atom is -0.497 e. The zero-order chi connectivity index (χ0) is 26.5. The maximum Gasteiger partial charge on any atom is 0.128 e. The number of anilines is 1. The first kappa shape index (κ1) is 24.3. The summed E-state index contributed by atoms with van der Waals surface area (Å²) < 4.78 is 12.4. The normalized spacial score (nSPS) is 26.4. The van der Waals surface area contributed by atoms with Crippen LogP contribution < -0.4 is 14.8 Å². The summed E-state index contributed by atoms with van der Waals surface area (Å²) in [5.74, 6) is 2.34. The average molecular weight is 519 g/mol. The first-order valence-electron chi connectivity index (χ1n) is 13.9. The third-order valence-electron chi connectivity index (χ3n) is 9.02. The van der Waals surface area contributed by atoms with Gasteiger partial charge in [0.05, 0.1) is 13.2 Å². The molecule has 6 atom stereocenters. The smallest absolute Gasteiger partial charge is 0.128 e. The van der Waals surface area contributed by atoms with Crippen LogP contribution in [0.1, 0.15) is 12.0 Å². The maximum atomic E-state index is 11.8. The molecule has 3 fully saturated rings.